The Morgan fingerprint density at radius 1 is 0.297 bits per heavy atom. The van der Waals surface area contributed by atoms with E-state index in [4.69, 9.17) is 0 Å². The summed E-state index contributed by atoms with van der Waals surface area (Å²) < 4.78 is 394. The summed E-state index contributed by atoms with van der Waals surface area (Å²) in [7, 11) is 0. The molecule has 422 valence electrons. The van der Waals surface area contributed by atoms with Crippen LogP contribution >= 0.6 is 11.8 Å². The number of rotatable bonds is 0. The Morgan fingerprint density at radius 2 is 0.568 bits per heavy atom. The lowest BCUT2D eigenvalue weighted by Crippen LogP contribution is -2.68. The van der Waals surface area contributed by atoms with Gasteiger partial charge in [-0.1, -0.05) is 56.0 Å². The standard InChI is InChI=1S/C12H11F7.C11H9F7.C10H7F7O.C10H7F7S.CH4/c1-8(13)9(14)6-2-4-7(5-3-6)10(9,15)12(18,19)11(8,16)17;1-7(12)8(13)5-2-3-6(4-5)9(8,14)11(17,18)10(7,15)16;2*1-6(11)7(12)4-2-3-5(18-4)8(7,13)10(16,17)9(6,14)15;/h2,4,6-7H,3,5H2,1H3;2-3,5-6H,4H2,1H3;2*2-5H,1H3;1H4. The average Bonchev–Trinajstić information content (AvgIpc) is 4.17. The van der Waals surface area contributed by atoms with Crippen LogP contribution in [0, 0.1) is 23.7 Å². The lowest BCUT2D eigenvalue weighted by atomic mass is 9.57. The normalized spacial score (nSPS) is 57.8. The predicted octanol–water partition coefficient (Wildman–Crippen LogP) is 14.5. The predicted molar refractivity (Wildman–Crippen MR) is 203 cm³/mol. The van der Waals surface area contributed by atoms with Crippen molar-refractivity contribution in [1.82, 2.24) is 0 Å². The van der Waals surface area contributed by atoms with Crippen LogP contribution in [0.5, 0.6) is 0 Å². The van der Waals surface area contributed by atoms with E-state index >= 15 is 0 Å². The van der Waals surface area contributed by atoms with Crippen molar-refractivity contribution in [3.05, 3.63) is 48.6 Å². The Labute approximate surface area is 403 Å². The molecule has 0 radical (unpaired) electrons. The molecule has 20 unspecified atom stereocenters. The molecule has 1 nitrogen and oxygen atoms in total. The van der Waals surface area contributed by atoms with E-state index in [0.29, 0.717) is 17.8 Å². The van der Waals surface area contributed by atoms with Gasteiger partial charge in [0, 0.05) is 23.7 Å². The largest absolute Gasteiger partial charge is 0.359 e. The molecule has 8 bridgehead atoms. The molecular formula is C44H38F28OS. The zero-order chi connectivity index (χ0) is 55.8. The maximum Gasteiger partial charge on any atom is 0.353 e. The SMILES string of the molecule is C.CC1(F)C(F)(F)C(F)(F)C2(F)C3C=CC(C3)C12F.CC1(F)C(F)(F)C(F)(F)C2(F)C3C=CC(CC3)C12F.CC1(F)C(F)(F)C(F)(F)C2(F)C3C=CC(O3)C12F.CC1(F)C(F)(F)C(F)(F)C2(F)C3C=CC(S3)C12F. The summed E-state index contributed by atoms with van der Waals surface area (Å²) in [6.07, 6.45) is 2.34. The van der Waals surface area contributed by atoms with Gasteiger partial charge < -0.3 is 4.74 Å². The number of alkyl halides is 28. The van der Waals surface area contributed by atoms with Gasteiger partial charge in [0.15, 0.2) is 11.3 Å². The number of hydrogen-bond donors (Lipinski definition) is 0. The number of hydrogen-bond acceptors (Lipinski definition) is 2. The number of thioether (sulfide) groups is 1. The minimum atomic E-state index is -5.50. The molecule has 0 aromatic rings. The highest BCUT2D eigenvalue weighted by Gasteiger charge is 3.04. The van der Waals surface area contributed by atoms with Crippen LogP contribution in [0.15, 0.2) is 48.6 Å². The summed E-state index contributed by atoms with van der Waals surface area (Å²) in [5.74, 6) is -49.9. The maximum atomic E-state index is 14.8. The molecule has 4 aliphatic heterocycles. The molecule has 13 rings (SSSR count). The van der Waals surface area contributed by atoms with Crippen molar-refractivity contribution in [1.29, 1.82) is 0 Å². The van der Waals surface area contributed by atoms with E-state index in [9.17, 15) is 123 Å². The van der Waals surface area contributed by atoms with E-state index in [-0.39, 0.29) is 48.0 Å². The third kappa shape index (κ3) is 4.70. The van der Waals surface area contributed by atoms with Gasteiger partial charge in [0.2, 0.25) is 56.7 Å². The van der Waals surface area contributed by atoms with Crippen molar-refractivity contribution >= 4 is 11.8 Å². The molecule has 0 spiro atoms. The van der Waals surface area contributed by atoms with E-state index in [0.717, 1.165) is 42.5 Å². The highest BCUT2D eigenvalue weighted by molar-refractivity contribution is 8.01. The smallest absolute Gasteiger partial charge is 0.353 e. The van der Waals surface area contributed by atoms with Crippen molar-refractivity contribution in [3.8, 4) is 0 Å². The number of ether oxygens (including phenoxy) is 1. The fraction of sp³-hybridized carbons (Fsp3) is 0.818. The molecule has 6 saturated carbocycles. The minimum Gasteiger partial charge on any atom is -0.359 e. The van der Waals surface area contributed by atoms with Gasteiger partial charge in [-0.2, -0.15) is 70.2 Å². The summed E-state index contributed by atoms with van der Waals surface area (Å²) in [6, 6.07) is 0. The van der Waals surface area contributed by atoms with Crippen molar-refractivity contribution in [2.75, 3.05) is 0 Å². The molecular weight excluding hydrogens is 1110 g/mol. The van der Waals surface area contributed by atoms with E-state index in [1.807, 2.05) is 0 Å². The summed E-state index contributed by atoms with van der Waals surface area (Å²) in [6.45, 7) is 0.0189. The van der Waals surface area contributed by atoms with Crippen molar-refractivity contribution in [2.45, 2.75) is 192 Å². The van der Waals surface area contributed by atoms with Gasteiger partial charge in [-0.05, 0) is 47.0 Å². The summed E-state index contributed by atoms with van der Waals surface area (Å²) >= 11 is 0.412. The fourth-order valence-electron chi connectivity index (χ4n) is 13.8. The van der Waals surface area contributed by atoms with E-state index in [1.165, 1.54) is 0 Å². The minimum absolute atomic E-state index is 0. The lowest BCUT2D eigenvalue weighted by molar-refractivity contribution is -0.271. The van der Waals surface area contributed by atoms with Crippen LogP contribution in [-0.2, 0) is 4.74 Å². The molecule has 74 heavy (non-hydrogen) atoms. The van der Waals surface area contributed by atoms with Crippen molar-refractivity contribution in [2.24, 2.45) is 23.7 Å². The summed E-state index contributed by atoms with van der Waals surface area (Å²) in [5.41, 5.74) is -50.0. The first-order chi connectivity index (χ1) is 32.3. The van der Waals surface area contributed by atoms with Gasteiger partial charge in [-0.15, -0.1) is 11.8 Å². The zero-order valence-electron chi connectivity index (χ0n) is 36.8. The lowest BCUT2D eigenvalue weighted by Gasteiger charge is -2.52. The van der Waals surface area contributed by atoms with E-state index < -0.39 is 168 Å². The second-order valence-electron chi connectivity index (χ2n) is 21.0. The number of fused-ring (bicyclic) bond motifs is 16. The van der Waals surface area contributed by atoms with Gasteiger partial charge in [-0.3, -0.25) is 0 Å². The Kier molecular flexibility index (Phi) is 11.0. The third-order valence-corrected chi connectivity index (χ3v) is 19.7. The fourth-order valence-corrected chi connectivity index (χ4v) is 15.6. The molecule has 9 aliphatic carbocycles. The molecule has 2 saturated heterocycles. The highest BCUT2D eigenvalue weighted by atomic mass is 32.2. The Morgan fingerprint density at radius 3 is 0.919 bits per heavy atom. The van der Waals surface area contributed by atoms with Crippen molar-refractivity contribution < 1.29 is 128 Å². The summed E-state index contributed by atoms with van der Waals surface area (Å²) in [4.78, 5) is 0. The first-order valence-electron chi connectivity index (χ1n) is 21.7. The van der Waals surface area contributed by atoms with Gasteiger partial charge in [0.1, 0.15) is 12.2 Å². The molecule has 4 heterocycles. The molecule has 8 fully saturated rings. The molecule has 0 amide bonds. The quantitative estimate of drug-likeness (QED) is 0.177. The summed E-state index contributed by atoms with van der Waals surface area (Å²) in [5, 5.41) is -3.47. The van der Waals surface area contributed by atoms with Gasteiger partial charge in [-0.25, -0.2) is 52.7 Å². The van der Waals surface area contributed by atoms with Gasteiger partial charge >= 0.3 is 47.4 Å². The van der Waals surface area contributed by atoms with Crippen LogP contribution in [0.1, 0.15) is 54.4 Å². The van der Waals surface area contributed by atoms with Crippen LogP contribution < -0.4 is 0 Å². The van der Waals surface area contributed by atoms with Gasteiger partial charge in [0.25, 0.3) is 0 Å². The topological polar surface area (TPSA) is 9.23 Å². The van der Waals surface area contributed by atoms with Crippen LogP contribution in [0.4, 0.5) is 123 Å². The second-order valence-corrected chi connectivity index (χ2v) is 22.3. The zero-order valence-corrected chi connectivity index (χ0v) is 37.6. The molecule has 30 heteroatoms. The molecule has 13 aliphatic rings. The Hall–Kier alpha value is -2.69. The third-order valence-electron chi connectivity index (χ3n) is 18.2. The van der Waals surface area contributed by atoms with Crippen LogP contribution in [0.3, 0.4) is 0 Å². The second kappa shape index (κ2) is 14.2. The number of allylic oxidation sites excluding steroid dienone is 4. The van der Waals surface area contributed by atoms with Crippen LogP contribution in [0.25, 0.3) is 0 Å². The van der Waals surface area contributed by atoms with Gasteiger partial charge in [0.05, 0.1) is 10.5 Å². The Balaban J connectivity index is 0.000000131. The van der Waals surface area contributed by atoms with E-state index in [1.54, 1.807) is 0 Å². The van der Waals surface area contributed by atoms with Crippen LogP contribution in [-0.4, -0.2) is 138 Å². The molecule has 0 aromatic heterocycles. The van der Waals surface area contributed by atoms with Crippen LogP contribution in [0.2, 0.25) is 0 Å². The average molecular weight is 1150 g/mol. The van der Waals surface area contributed by atoms with Crippen molar-refractivity contribution in [3.63, 3.8) is 0 Å². The first-order valence-corrected chi connectivity index (χ1v) is 22.6. The number of halogens is 28. The van der Waals surface area contributed by atoms with E-state index in [2.05, 4.69) is 4.74 Å². The molecule has 20 atom stereocenters. The highest BCUT2D eigenvalue weighted by Crippen LogP contribution is 2.80. The monoisotopic (exact) mass is 1150 g/mol. The first kappa shape index (κ1) is 57.5. The molecule has 0 aromatic carbocycles. The molecule has 0 N–H and O–H groups in total. The Bertz CT molecular complexity index is 2170. The maximum absolute atomic E-state index is 14.8.